The second kappa shape index (κ2) is 4.66. The van der Waals surface area contributed by atoms with Crippen LogP contribution in [0, 0.1) is 0 Å². The molecule has 1 aromatic carbocycles. The van der Waals surface area contributed by atoms with Gasteiger partial charge in [0.2, 0.25) is 0 Å². The lowest BCUT2D eigenvalue weighted by atomic mass is 10.4. The van der Waals surface area contributed by atoms with E-state index in [0.29, 0.717) is 5.69 Å². The molecule has 2 rings (SSSR count). The average molecular weight is 263 g/mol. The van der Waals surface area contributed by atoms with E-state index in [0.717, 1.165) is 3.97 Å². The first-order valence-corrected chi connectivity index (χ1v) is 6.72. The molecule has 0 fully saturated rings. The van der Waals surface area contributed by atoms with Crippen LogP contribution in [-0.4, -0.2) is 25.3 Å². The zero-order valence-corrected chi connectivity index (χ0v) is 10.6. The quantitative estimate of drug-likeness (QED) is 0.664. The molecule has 6 heteroatoms. The molecule has 1 aromatic heterocycles. The van der Waals surface area contributed by atoms with Gasteiger partial charge in [0.05, 0.1) is 10.6 Å². The zero-order valence-electron chi connectivity index (χ0n) is 9.82. The Morgan fingerprint density at radius 1 is 1.17 bits per heavy atom. The number of nitrogens with zero attached hydrogens (tertiary/aromatic N) is 2. The lowest BCUT2D eigenvalue weighted by Gasteiger charge is -2.09. The summed E-state index contributed by atoms with van der Waals surface area (Å²) in [7, 11) is -2.11. The molecule has 2 aromatic rings. The molecule has 18 heavy (non-hydrogen) atoms. The molecule has 0 amide bonds. The van der Waals surface area contributed by atoms with E-state index in [1.807, 2.05) is 0 Å². The number of rotatable bonds is 3. The lowest BCUT2D eigenvalue weighted by molar-refractivity contribution is 0.587. The molecule has 0 spiro atoms. The summed E-state index contributed by atoms with van der Waals surface area (Å²) in [4.78, 5) is 4.02. The highest BCUT2D eigenvalue weighted by atomic mass is 32.2. The van der Waals surface area contributed by atoms with Crippen molar-refractivity contribution in [3.63, 3.8) is 0 Å². The van der Waals surface area contributed by atoms with Crippen LogP contribution >= 0.6 is 0 Å². The highest BCUT2D eigenvalue weighted by Crippen LogP contribution is 2.16. The summed E-state index contributed by atoms with van der Waals surface area (Å²) in [5.41, 5.74) is 6.04. The number of benzene rings is 1. The summed E-state index contributed by atoms with van der Waals surface area (Å²) in [6, 6.07) is 11.4. The van der Waals surface area contributed by atoms with Crippen LogP contribution in [0.15, 0.2) is 58.5 Å². The molecule has 0 aliphatic rings. The third kappa shape index (κ3) is 2.02. The average Bonchev–Trinajstić information content (AvgIpc) is 2.89. The minimum Gasteiger partial charge on any atom is -0.382 e. The molecule has 0 saturated carbocycles. The Balaban J connectivity index is 2.60. The van der Waals surface area contributed by atoms with Gasteiger partial charge >= 0.3 is 0 Å². The second-order valence-corrected chi connectivity index (χ2v) is 5.43. The van der Waals surface area contributed by atoms with Crippen LogP contribution in [0.5, 0.6) is 0 Å². The monoisotopic (exact) mass is 263 g/mol. The summed E-state index contributed by atoms with van der Waals surface area (Å²) in [5.74, 6) is 0.180. The summed E-state index contributed by atoms with van der Waals surface area (Å²) < 4.78 is 25.9. The molecule has 1 heterocycles. The fraction of sp³-hybridized carbons (Fsp3) is 0.0833. The lowest BCUT2D eigenvalue weighted by Crippen LogP contribution is -2.22. The van der Waals surface area contributed by atoms with Crippen molar-refractivity contribution in [2.45, 2.75) is 4.90 Å². The predicted molar refractivity (Wildman–Crippen MR) is 70.1 cm³/mol. The number of amidine groups is 1. The minimum absolute atomic E-state index is 0.180. The van der Waals surface area contributed by atoms with Crippen molar-refractivity contribution in [2.24, 2.45) is 10.7 Å². The van der Waals surface area contributed by atoms with E-state index in [-0.39, 0.29) is 10.7 Å². The fourth-order valence-corrected chi connectivity index (χ4v) is 2.97. The standard InChI is InChI=1S/C12H13N3O2S/c1-14-12(13)11-8-5-9-15(11)18(16,17)10-6-3-2-4-7-10/h2-9H,1H3,(H2,13,14). The predicted octanol–water partition coefficient (Wildman–Crippen LogP) is 1.06. The fourth-order valence-electron chi connectivity index (χ4n) is 1.59. The Bertz CT molecular complexity index is 672. The van der Waals surface area contributed by atoms with Crippen LogP contribution < -0.4 is 5.73 Å². The molecule has 0 radical (unpaired) electrons. The number of aliphatic imine (C=N–C) groups is 1. The Morgan fingerprint density at radius 2 is 1.83 bits per heavy atom. The molecule has 0 unspecified atom stereocenters. The summed E-state index contributed by atoms with van der Waals surface area (Å²) in [5, 5.41) is 0. The van der Waals surface area contributed by atoms with Gasteiger partial charge in [-0.05, 0) is 24.3 Å². The molecule has 0 aliphatic heterocycles. The first-order chi connectivity index (χ1) is 8.57. The van der Waals surface area contributed by atoms with E-state index in [2.05, 4.69) is 4.99 Å². The van der Waals surface area contributed by atoms with Crippen molar-refractivity contribution in [2.75, 3.05) is 7.05 Å². The summed E-state index contributed by atoms with van der Waals surface area (Å²) >= 11 is 0. The third-order valence-corrected chi connectivity index (χ3v) is 4.22. The number of hydrogen-bond acceptors (Lipinski definition) is 3. The van der Waals surface area contributed by atoms with Crippen molar-refractivity contribution in [3.05, 3.63) is 54.4 Å². The van der Waals surface area contributed by atoms with Gasteiger partial charge in [-0.3, -0.25) is 4.99 Å². The van der Waals surface area contributed by atoms with Crippen molar-refractivity contribution >= 4 is 15.9 Å². The number of aromatic nitrogens is 1. The van der Waals surface area contributed by atoms with Crippen LogP contribution in [0.1, 0.15) is 5.69 Å². The van der Waals surface area contributed by atoms with E-state index < -0.39 is 10.0 Å². The summed E-state index contributed by atoms with van der Waals surface area (Å²) in [6.45, 7) is 0. The van der Waals surface area contributed by atoms with Gasteiger partial charge in [-0.2, -0.15) is 0 Å². The number of nitrogens with two attached hydrogens (primary N) is 1. The molecule has 5 nitrogen and oxygen atoms in total. The maximum atomic E-state index is 12.4. The van der Waals surface area contributed by atoms with Gasteiger partial charge in [0.25, 0.3) is 10.0 Å². The Kier molecular flexibility index (Phi) is 3.20. The van der Waals surface area contributed by atoms with Gasteiger partial charge in [-0.25, -0.2) is 12.4 Å². The van der Waals surface area contributed by atoms with Crippen LogP contribution in [0.4, 0.5) is 0 Å². The largest absolute Gasteiger partial charge is 0.382 e. The molecule has 0 saturated heterocycles. The van der Waals surface area contributed by atoms with E-state index in [4.69, 9.17) is 5.73 Å². The van der Waals surface area contributed by atoms with Gasteiger partial charge in [-0.1, -0.05) is 18.2 Å². The molecule has 0 bridgehead atoms. The molecule has 0 aliphatic carbocycles. The van der Waals surface area contributed by atoms with Gasteiger partial charge in [0.15, 0.2) is 0 Å². The Labute approximate surface area is 106 Å². The van der Waals surface area contributed by atoms with Gasteiger partial charge in [0, 0.05) is 13.2 Å². The highest BCUT2D eigenvalue weighted by molar-refractivity contribution is 7.90. The molecule has 2 N–H and O–H groups in total. The first kappa shape index (κ1) is 12.4. The van der Waals surface area contributed by atoms with Crippen LogP contribution in [0.2, 0.25) is 0 Å². The van der Waals surface area contributed by atoms with Crippen molar-refractivity contribution < 1.29 is 8.42 Å². The maximum Gasteiger partial charge on any atom is 0.268 e. The van der Waals surface area contributed by atoms with Gasteiger partial charge < -0.3 is 5.73 Å². The smallest absolute Gasteiger partial charge is 0.268 e. The molecular weight excluding hydrogens is 250 g/mol. The second-order valence-electron chi connectivity index (χ2n) is 3.62. The van der Waals surface area contributed by atoms with Crippen molar-refractivity contribution in [1.29, 1.82) is 0 Å². The van der Waals surface area contributed by atoms with E-state index in [9.17, 15) is 8.42 Å². The topological polar surface area (TPSA) is 77.4 Å². The van der Waals surface area contributed by atoms with Gasteiger partial charge in [-0.15, -0.1) is 0 Å². The van der Waals surface area contributed by atoms with Crippen LogP contribution in [-0.2, 0) is 10.0 Å². The van der Waals surface area contributed by atoms with Crippen LogP contribution in [0.25, 0.3) is 0 Å². The molecule has 94 valence electrons. The van der Waals surface area contributed by atoms with E-state index in [1.165, 1.54) is 13.2 Å². The molecular formula is C12H13N3O2S. The minimum atomic E-state index is -3.63. The van der Waals surface area contributed by atoms with Gasteiger partial charge in [0.1, 0.15) is 5.84 Å². The first-order valence-electron chi connectivity index (χ1n) is 5.28. The summed E-state index contributed by atoms with van der Waals surface area (Å²) in [6.07, 6.45) is 1.45. The Morgan fingerprint density at radius 3 is 2.44 bits per heavy atom. The highest BCUT2D eigenvalue weighted by Gasteiger charge is 2.19. The van der Waals surface area contributed by atoms with Crippen molar-refractivity contribution in [3.8, 4) is 0 Å². The van der Waals surface area contributed by atoms with E-state index >= 15 is 0 Å². The molecule has 0 atom stereocenters. The normalized spacial score (nSPS) is 12.6. The van der Waals surface area contributed by atoms with E-state index in [1.54, 1.807) is 42.5 Å². The zero-order chi connectivity index (χ0) is 13.2. The maximum absolute atomic E-state index is 12.4. The Hall–Kier alpha value is -2.08. The van der Waals surface area contributed by atoms with Crippen molar-refractivity contribution in [1.82, 2.24) is 3.97 Å². The number of hydrogen-bond donors (Lipinski definition) is 1. The SMILES string of the molecule is CN=C(N)c1cccn1S(=O)(=O)c1ccccc1. The van der Waals surface area contributed by atoms with Crippen LogP contribution in [0.3, 0.4) is 0 Å². The third-order valence-electron chi connectivity index (χ3n) is 2.52.